The topological polar surface area (TPSA) is 65.1 Å². The molecule has 0 aromatic heterocycles. The number of urea groups is 1. The maximum atomic E-state index is 12.8. The van der Waals surface area contributed by atoms with E-state index in [1.807, 2.05) is 30.6 Å². The molecule has 0 bridgehead atoms. The summed E-state index contributed by atoms with van der Waals surface area (Å²) >= 11 is 0. The first-order valence-electron chi connectivity index (χ1n) is 11.0. The number of carbonyl (C=O) groups is 2. The van der Waals surface area contributed by atoms with Crippen LogP contribution in [-0.4, -0.2) is 91.2 Å². The number of rotatable bonds is 3. The van der Waals surface area contributed by atoms with Crippen molar-refractivity contribution in [1.29, 1.82) is 0 Å². The Hall–Kier alpha value is -1.34. The highest BCUT2D eigenvalue weighted by atomic mass is 16.5. The average molecular weight is 395 g/mol. The molecule has 1 N–H and O–H groups in total. The molecule has 0 aromatic carbocycles. The molecule has 7 nitrogen and oxygen atoms in total. The molecular weight excluding hydrogens is 356 g/mol. The maximum absolute atomic E-state index is 12.8. The smallest absolute Gasteiger partial charge is 0.317 e. The second-order valence-corrected chi connectivity index (χ2v) is 9.57. The Morgan fingerprint density at radius 3 is 2.04 bits per heavy atom. The highest BCUT2D eigenvalue weighted by molar-refractivity contribution is 5.82. The molecular formula is C21H38N4O3. The third kappa shape index (κ3) is 4.98. The first-order chi connectivity index (χ1) is 13.3. The number of carbonyl (C=O) groups excluding carboxylic acids is 2. The summed E-state index contributed by atoms with van der Waals surface area (Å²) in [6.45, 7) is 12.5. The molecule has 0 unspecified atom stereocenters. The van der Waals surface area contributed by atoms with Crippen LogP contribution in [0.4, 0.5) is 4.79 Å². The van der Waals surface area contributed by atoms with Crippen LogP contribution in [-0.2, 0) is 9.53 Å². The Balaban J connectivity index is 1.52. The minimum absolute atomic E-state index is 0.0149. The third-order valence-electron chi connectivity index (χ3n) is 6.53. The number of nitrogens with zero attached hydrogens (tertiary/aromatic N) is 3. The van der Waals surface area contributed by atoms with E-state index < -0.39 is 0 Å². The molecule has 28 heavy (non-hydrogen) atoms. The van der Waals surface area contributed by atoms with Crippen molar-refractivity contribution in [3.8, 4) is 0 Å². The van der Waals surface area contributed by atoms with Crippen LogP contribution >= 0.6 is 0 Å². The zero-order valence-corrected chi connectivity index (χ0v) is 18.0. The van der Waals surface area contributed by atoms with Gasteiger partial charge in [0.2, 0.25) is 5.91 Å². The summed E-state index contributed by atoms with van der Waals surface area (Å²) in [7, 11) is 0. The molecule has 3 aliphatic rings. The summed E-state index contributed by atoms with van der Waals surface area (Å²) in [6.07, 6.45) is 6.08. The van der Waals surface area contributed by atoms with Crippen LogP contribution in [0.2, 0.25) is 0 Å². The molecule has 2 saturated heterocycles. The van der Waals surface area contributed by atoms with E-state index in [1.54, 1.807) is 0 Å². The standard InChI is InChI=1S/C21H38N4O3/c1-20(2,3)18(26)23-9-11-24(12-10-23)19(27)22-17-21(7-5-4-6-8-21)25-13-15-28-16-14-25/h4-17H2,1-3H3,(H,22,27). The number of nitrogens with one attached hydrogen (secondary N) is 1. The Bertz CT molecular complexity index is 540. The zero-order valence-electron chi connectivity index (χ0n) is 18.0. The van der Waals surface area contributed by atoms with Gasteiger partial charge in [-0.3, -0.25) is 9.69 Å². The molecule has 2 aliphatic heterocycles. The van der Waals surface area contributed by atoms with Gasteiger partial charge in [0.05, 0.1) is 13.2 Å². The van der Waals surface area contributed by atoms with Gasteiger partial charge in [0.15, 0.2) is 0 Å². The molecule has 2 heterocycles. The van der Waals surface area contributed by atoms with Gasteiger partial charge in [0.1, 0.15) is 0 Å². The Morgan fingerprint density at radius 1 is 0.893 bits per heavy atom. The molecule has 3 fully saturated rings. The fraction of sp³-hybridized carbons (Fsp3) is 0.905. The van der Waals surface area contributed by atoms with Gasteiger partial charge in [-0.15, -0.1) is 0 Å². The summed E-state index contributed by atoms with van der Waals surface area (Å²) in [6, 6.07) is 0.0149. The molecule has 1 aliphatic carbocycles. The van der Waals surface area contributed by atoms with Crippen LogP contribution in [0.5, 0.6) is 0 Å². The van der Waals surface area contributed by atoms with Crippen molar-refractivity contribution in [3.05, 3.63) is 0 Å². The largest absolute Gasteiger partial charge is 0.379 e. The molecule has 0 atom stereocenters. The number of piperazine rings is 1. The molecule has 1 saturated carbocycles. The van der Waals surface area contributed by atoms with Gasteiger partial charge in [-0.05, 0) is 12.8 Å². The summed E-state index contributed by atoms with van der Waals surface area (Å²) in [5.74, 6) is 0.168. The molecule has 0 spiro atoms. The number of hydrogen-bond donors (Lipinski definition) is 1. The van der Waals surface area contributed by atoms with E-state index in [2.05, 4.69) is 10.2 Å². The van der Waals surface area contributed by atoms with Crippen LogP contribution in [0.15, 0.2) is 0 Å². The normalized spacial score (nSPS) is 24.1. The van der Waals surface area contributed by atoms with Crippen molar-refractivity contribution in [2.45, 2.75) is 58.4 Å². The van der Waals surface area contributed by atoms with E-state index in [-0.39, 0.29) is 22.9 Å². The van der Waals surface area contributed by atoms with Gasteiger partial charge in [-0.1, -0.05) is 40.0 Å². The summed E-state index contributed by atoms with van der Waals surface area (Å²) in [4.78, 5) is 31.5. The molecule has 0 radical (unpaired) electrons. The van der Waals surface area contributed by atoms with Gasteiger partial charge < -0.3 is 19.9 Å². The van der Waals surface area contributed by atoms with Crippen molar-refractivity contribution < 1.29 is 14.3 Å². The Morgan fingerprint density at radius 2 is 1.46 bits per heavy atom. The number of morpholine rings is 1. The van der Waals surface area contributed by atoms with Gasteiger partial charge in [0.25, 0.3) is 0 Å². The van der Waals surface area contributed by atoms with E-state index in [0.717, 1.165) is 39.1 Å². The summed E-state index contributed by atoms with van der Waals surface area (Å²) in [5, 5.41) is 3.24. The predicted molar refractivity (Wildman–Crippen MR) is 109 cm³/mol. The fourth-order valence-electron chi connectivity index (χ4n) is 4.79. The second-order valence-electron chi connectivity index (χ2n) is 9.57. The molecule has 3 rings (SSSR count). The number of amides is 3. The van der Waals surface area contributed by atoms with E-state index in [4.69, 9.17) is 4.74 Å². The van der Waals surface area contributed by atoms with E-state index in [0.29, 0.717) is 32.7 Å². The van der Waals surface area contributed by atoms with Crippen molar-refractivity contribution >= 4 is 11.9 Å². The number of hydrogen-bond acceptors (Lipinski definition) is 4. The highest BCUT2D eigenvalue weighted by Gasteiger charge is 2.39. The van der Waals surface area contributed by atoms with Crippen molar-refractivity contribution in [2.75, 3.05) is 59.0 Å². The quantitative estimate of drug-likeness (QED) is 0.794. The lowest BCUT2D eigenvalue weighted by atomic mass is 9.80. The fourth-order valence-corrected chi connectivity index (χ4v) is 4.79. The summed E-state index contributed by atoms with van der Waals surface area (Å²) < 4.78 is 5.54. The van der Waals surface area contributed by atoms with Gasteiger partial charge in [-0.25, -0.2) is 4.79 Å². The molecule has 7 heteroatoms. The van der Waals surface area contributed by atoms with Gasteiger partial charge in [0, 0.05) is 56.8 Å². The van der Waals surface area contributed by atoms with E-state index >= 15 is 0 Å². The highest BCUT2D eigenvalue weighted by Crippen LogP contribution is 2.34. The van der Waals surface area contributed by atoms with Crippen LogP contribution in [0.1, 0.15) is 52.9 Å². The van der Waals surface area contributed by atoms with Crippen LogP contribution in [0.3, 0.4) is 0 Å². The lowest BCUT2D eigenvalue weighted by Gasteiger charge is -2.48. The number of ether oxygens (including phenoxy) is 1. The van der Waals surface area contributed by atoms with Crippen molar-refractivity contribution in [1.82, 2.24) is 20.0 Å². The van der Waals surface area contributed by atoms with Crippen molar-refractivity contribution in [3.63, 3.8) is 0 Å². The molecule has 3 amide bonds. The monoisotopic (exact) mass is 394 g/mol. The van der Waals surface area contributed by atoms with E-state index in [9.17, 15) is 9.59 Å². The van der Waals surface area contributed by atoms with Crippen molar-refractivity contribution in [2.24, 2.45) is 5.41 Å². The lowest BCUT2D eigenvalue weighted by Crippen LogP contribution is -2.61. The Kier molecular flexibility index (Phi) is 6.86. The minimum Gasteiger partial charge on any atom is -0.379 e. The predicted octanol–water partition coefficient (Wildman–Crippen LogP) is 1.92. The second kappa shape index (κ2) is 8.99. The first-order valence-corrected chi connectivity index (χ1v) is 11.0. The SMILES string of the molecule is CC(C)(C)C(=O)N1CCN(C(=O)NCC2(N3CCOCC3)CCCCC2)CC1. The maximum Gasteiger partial charge on any atom is 0.317 e. The molecule has 0 aromatic rings. The zero-order chi connectivity index (χ0) is 20.2. The van der Waals surface area contributed by atoms with Gasteiger partial charge >= 0.3 is 6.03 Å². The van der Waals surface area contributed by atoms with Crippen LogP contribution in [0.25, 0.3) is 0 Å². The van der Waals surface area contributed by atoms with Gasteiger partial charge in [-0.2, -0.15) is 0 Å². The lowest BCUT2D eigenvalue weighted by molar-refractivity contribution is -0.140. The van der Waals surface area contributed by atoms with Crippen LogP contribution in [0, 0.1) is 5.41 Å². The Labute approximate surface area is 169 Å². The molecule has 160 valence electrons. The van der Waals surface area contributed by atoms with E-state index in [1.165, 1.54) is 19.3 Å². The van der Waals surface area contributed by atoms with Crippen LogP contribution < -0.4 is 5.32 Å². The average Bonchev–Trinajstić information content (AvgIpc) is 2.72. The first kappa shape index (κ1) is 21.4. The summed E-state index contributed by atoms with van der Waals surface area (Å²) in [5.41, 5.74) is -0.280. The minimum atomic E-state index is -0.365. The third-order valence-corrected chi connectivity index (χ3v) is 6.53.